The van der Waals surface area contributed by atoms with Crippen molar-refractivity contribution in [3.8, 4) is 0 Å². The lowest BCUT2D eigenvalue weighted by Gasteiger charge is -2.28. The number of unbranched alkanes of at least 4 members (excludes halogenated alkanes) is 1. The summed E-state index contributed by atoms with van der Waals surface area (Å²) in [6.07, 6.45) is 7.24. The van der Waals surface area contributed by atoms with E-state index in [9.17, 15) is 4.79 Å². The number of aryl methyl sites for hydroxylation is 2. The molecule has 0 saturated heterocycles. The molecule has 0 saturated carbocycles. The molecule has 2 heterocycles. The molecule has 0 N–H and O–H groups in total. The van der Waals surface area contributed by atoms with Gasteiger partial charge in [0, 0.05) is 24.3 Å². The molecule has 2 aromatic rings. The van der Waals surface area contributed by atoms with E-state index in [0.717, 1.165) is 40.4 Å². The molecule has 0 aliphatic heterocycles. The Morgan fingerprint density at radius 3 is 2.74 bits per heavy atom. The lowest BCUT2D eigenvalue weighted by atomic mass is 10.0. The molecule has 0 aliphatic carbocycles. The molecule has 0 bridgehead atoms. The van der Waals surface area contributed by atoms with Crippen molar-refractivity contribution in [1.82, 2.24) is 14.9 Å². The molecular formula is C18H25N3OS. The van der Waals surface area contributed by atoms with E-state index in [4.69, 9.17) is 0 Å². The Hall–Kier alpha value is -1.75. The normalized spacial score (nSPS) is 12.2. The largest absolute Gasteiger partial charge is 0.338 e. The first kappa shape index (κ1) is 17.6. The Labute approximate surface area is 142 Å². The van der Waals surface area contributed by atoms with Crippen LogP contribution in [0, 0.1) is 13.8 Å². The molecule has 0 unspecified atom stereocenters. The fraction of sp³-hybridized carbons (Fsp3) is 0.500. The van der Waals surface area contributed by atoms with E-state index >= 15 is 0 Å². The number of likely N-dealkylation sites (N-methyl/N-ethyl adjacent to an activating group) is 1. The number of nitrogens with zero attached hydrogens (tertiary/aromatic N) is 3. The van der Waals surface area contributed by atoms with Gasteiger partial charge in [-0.15, -0.1) is 11.3 Å². The third-order valence-electron chi connectivity index (χ3n) is 4.07. The Morgan fingerprint density at radius 1 is 1.39 bits per heavy atom. The van der Waals surface area contributed by atoms with Gasteiger partial charge < -0.3 is 4.90 Å². The van der Waals surface area contributed by atoms with Crippen LogP contribution in [0.2, 0.25) is 0 Å². The van der Waals surface area contributed by atoms with Gasteiger partial charge in [0.05, 0.1) is 23.2 Å². The fourth-order valence-corrected chi connectivity index (χ4v) is 3.66. The van der Waals surface area contributed by atoms with Crippen LogP contribution >= 0.6 is 11.3 Å². The molecule has 0 spiro atoms. The summed E-state index contributed by atoms with van der Waals surface area (Å²) >= 11 is 1.61. The average Bonchev–Trinajstić information content (AvgIpc) is 2.86. The first-order valence-corrected chi connectivity index (χ1v) is 8.93. The number of hydrogen-bond acceptors (Lipinski definition) is 4. The van der Waals surface area contributed by atoms with Crippen molar-refractivity contribution in [1.29, 1.82) is 0 Å². The molecule has 0 radical (unpaired) electrons. The van der Waals surface area contributed by atoms with Crippen LogP contribution in [0.4, 0.5) is 0 Å². The maximum Gasteiger partial charge on any atom is 0.228 e. The van der Waals surface area contributed by atoms with Gasteiger partial charge in [0.2, 0.25) is 5.91 Å². The van der Waals surface area contributed by atoms with Crippen LogP contribution in [0.1, 0.15) is 53.4 Å². The number of thiazole rings is 1. The van der Waals surface area contributed by atoms with Crippen molar-refractivity contribution in [2.75, 3.05) is 7.05 Å². The number of carbonyl (C=O) groups excluding carboxylic acids is 1. The molecular weight excluding hydrogens is 306 g/mol. The molecule has 1 amide bonds. The average molecular weight is 331 g/mol. The van der Waals surface area contributed by atoms with E-state index in [0.29, 0.717) is 6.42 Å². The second kappa shape index (κ2) is 8.20. The highest BCUT2D eigenvalue weighted by molar-refractivity contribution is 7.11. The number of rotatable bonds is 7. The molecule has 0 aliphatic rings. The topological polar surface area (TPSA) is 46.1 Å². The number of amides is 1. The Balaban J connectivity index is 2.14. The summed E-state index contributed by atoms with van der Waals surface area (Å²) in [7, 11) is 1.90. The third kappa shape index (κ3) is 4.61. The highest BCUT2D eigenvalue weighted by Crippen LogP contribution is 2.26. The standard InChI is InChI=1S/C18H25N3OS/c1-5-6-9-16(15-8-7-10-19-12-15)21(4)18(22)11-17-13(2)20-14(3)23-17/h7-8,10,12,16H,5-6,9,11H2,1-4H3/t16-/m0/s1. The minimum Gasteiger partial charge on any atom is -0.338 e. The van der Waals surface area contributed by atoms with E-state index in [2.05, 4.69) is 23.0 Å². The predicted octanol–water partition coefficient (Wildman–Crippen LogP) is 4.09. The van der Waals surface area contributed by atoms with Crippen LogP contribution in [-0.4, -0.2) is 27.8 Å². The summed E-state index contributed by atoms with van der Waals surface area (Å²) in [6.45, 7) is 6.13. The quantitative estimate of drug-likeness (QED) is 0.768. The SMILES string of the molecule is CCCC[C@@H](c1cccnc1)N(C)C(=O)Cc1sc(C)nc1C. The molecule has 0 fully saturated rings. The molecule has 23 heavy (non-hydrogen) atoms. The lowest BCUT2D eigenvalue weighted by molar-refractivity contribution is -0.131. The second-order valence-corrected chi connectivity index (χ2v) is 7.16. The van der Waals surface area contributed by atoms with E-state index in [1.54, 1.807) is 17.5 Å². The van der Waals surface area contributed by atoms with Crippen LogP contribution in [0.3, 0.4) is 0 Å². The first-order valence-electron chi connectivity index (χ1n) is 8.11. The van der Waals surface area contributed by atoms with Crippen molar-refractivity contribution in [3.05, 3.63) is 45.7 Å². The zero-order valence-corrected chi connectivity index (χ0v) is 15.2. The molecule has 2 aromatic heterocycles. The summed E-state index contributed by atoms with van der Waals surface area (Å²) in [4.78, 5) is 24.3. The zero-order chi connectivity index (χ0) is 16.8. The number of pyridine rings is 1. The monoisotopic (exact) mass is 331 g/mol. The lowest BCUT2D eigenvalue weighted by Crippen LogP contribution is -2.32. The second-order valence-electron chi connectivity index (χ2n) is 5.87. The molecule has 124 valence electrons. The molecule has 4 nitrogen and oxygen atoms in total. The van der Waals surface area contributed by atoms with Crippen LogP contribution in [0.25, 0.3) is 0 Å². The van der Waals surface area contributed by atoms with E-state index < -0.39 is 0 Å². The van der Waals surface area contributed by atoms with Gasteiger partial charge in [0.25, 0.3) is 0 Å². The van der Waals surface area contributed by atoms with Crippen LogP contribution in [0.15, 0.2) is 24.5 Å². The Bertz CT molecular complexity index is 639. The van der Waals surface area contributed by atoms with Crippen molar-refractivity contribution in [2.45, 2.75) is 52.5 Å². The predicted molar refractivity (Wildman–Crippen MR) is 94.6 cm³/mol. The van der Waals surface area contributed by atoms with Gasteiger partial charge in [-0.25, -0.2) is 4.98 Å². The summed E-state index contributed by atoms with van der Waals surface area (Å²) in [5.41, 5.74) is 2.08. The maximum atomic E-state index is 12.7. The molecule has 0 aromatic carbocycles. The zero-order valence-electron chi connectivity index (χ0n) is 14.4. The van der Waals surface area contributed by atoms with E-state index in [-0.39, 0.29) is 11.9 Å². The summed E-state index contributed by atoms with van der Waals surface area (Å²) in [5.74, 6) is 0.140. The van der Waals surface area contributed by atoms with Gasteiger partial charge in [-0.3, -0.25) is 9.78 Å². The minimum atomic E-state index is 0.0884. The summed E-state index contributed by atoms with van der Waals surface area (Å²) in [5, 5.41) is 1.02. The summed E-state index contributed by atoms with van der Waals surface area (Å²) in [6, 6.07) is 4.08. The van der Waals surface area contributed by atoms with Gasteiger partial charge >= 0.3 is 0 Å². The van der Waals surface area contributed by atoms with Crippen LogP contribution < -0.4 is 0 Å². The van der Waals surface area contributed by atoms with Crippen molar-refractivity contribution >= 4 is 17.2 Å². The van der Waals surface area contributed by atoms with E-state index in [1.165, 1.54) is 0 Å². The number of aromatic nitrogens is 2. The summed E-state index contributed by atoms with van der Waals surface area (Å²) < 4.78 is 0. The fourth-order valence-electron chi connectivity index (χ4n) is 2.73. The van der Waals surface area contributed by atoms with Gasteiger partial charge in [-0.2, -0.15) is 0 Å². The van der Waals surface area contributed by atoms with Crippen molar-refractivity contribution in [3.63, 3.8) is 0 Å². The van der Waals surface area contributed by atoms with Gasteiger partial charge in [0.1, 0.15) is 0 Å². The highest BCUT2D eigenvalue weighted by Gasteiger charge is 2.22. The minimum absolute atomic E-state index is 0.0884. The van der Waals surface area contributed by atoms with Crippen molar-refractivity contribution < 1.29 is 4.79 Å². The first-order chi connectivity index (χ1) is 11.0. The van der Waals surface area contributed by atoms with Gasteiger partial charge in [0.15, 0.2) is 0 Å². The van der Waals surface area contributed by atoms with Gasteiger partial charge in [-0.05, 0) is 31.9 Å². The van der Waals surface area contributed by atoms with E-state index in [1.807, 2.05) is 38.1 Å². The highest BCUT2D eigenvalue weighted by atomic mass is 32.1. The van der Waals surface area contributed by atoms with Gasteiger partial charge in [-0.1, -0.05) is 25.8 Å². The van der Waals surface area contributed by atoms with Crippen LogP contribution in [-0.2, 0) is 11.2 Å². The van der Waals surface area contributed by atoms with Crippen molar-refractivity contribution in [2.24, 2.45) is 0 Å². The smallest absolute Gasteiger partial charge is 0.228 e. The number of carbonyl (C=O) groups is 1. The van der Waals surface area contributed by atoms with Crippen LogP contribution in [0.5, 0.6) is 0 Å². The number of hydrogen-bond donors (Lipinski definition) is 0. The third-order valence-corrected chi connectivity index (χ3v) is 5.15. The molecule has 2 rings (SSSR count). The molecule has 5 heteroatoms. The Kier molecular flexibility index (Phi) is 6.28. The maximum absolute atomic E-state index is 12.7. The Morgan fingerprint density at radius 2 is 2.17 bits per heavy atom. The molecule has 1 atom stereocenters.